The number of ether oxygens (including phenoxy) is 1. The Kier molecular flexibility index (Phi) is 4.33. The summed E-state index contributed by atoms with van der Waals surface area (Å²) in [7, 11) is 0. The zero-order valence-electron chi connectivity index (χ0n) is 14.2. The summed E-state index contributed by atoms with van der Waals surface area (Å²) in [5, 5.41) is 7.71. The van der Waals surface area contributed by atoms with Gasteiger partial charge in [0.1, 0.15) is 11.6 Å². The maximum absolute atomic E-state index is 13.0. The maximum Gasteiger partial charge on any atom is 0.265 e. The first-order valence-corrected chi connectivity index (χ1v) is 9.02. The van der Waals surface area contributed by atoms with E-state index in [1.54, 1.807) is 24.4 Å². The van der Waals surface area contributed by atoms with Gasteiger partial charge in [0.2, 0.25) is 0 Å². The summed E-state index contributed by atoms with van der Waals surface area (Å²) in [4.78, 5) is 28.4. The van der Waals surface area contributed by atoms with Gasteiger partial charge in [0.15, 0.2) is 11.2 Å². The van der Waals surface area contributed by atoms with Gasteiger partial charge in [-0.1, -0.05) is 0 Å². The molecule has 0 saturated heterocycles. The van der Waals surface area contributed by atoms with Crippen LogP contribution in [0.5, 0.6) is 5.75 Å². The van der Waals surface area contributed by atoms with E-state index in [0.717, 1.165) is 5.56 Å². The van der Waals surface area contributed by atoms with Crippen molar-refractivity contribution in [2.45, 2.75) is 13.0 Å². The van der Waals surface area contributed by atoms with Crippen LogP contribution < -0.4 is 15.4 Å². The number of halogens is 1. The monoisotopic (exact) mass is 383 g/mol. The van der Waals surface area contributed by atoms with Crippen molar-refractivity contribution in [1.29, 1.82) is 0 Å². The number of rotatable bonds is 3. The lowest BCUT2D eigenvalue weighted by Gasteiger charge is -2.23. The van der Waals surface area contributed by atoms with Crippen LogP contribution in [0.3, 0.4) is 0 Å². The second-order valence-electron chi connectivity index (χ2n) is 5.96. The quantitative estimate of drug-likeness (QED) is 0.718. The molecule has 2 heterocycles. The lowest BCUT2D eigenvalue weighted by atomic mass is 10.1. The van der Waals surface area contributed by atoms with Gasteiger partial charge in [0, 0.05) is 16.5 Å². The predicted molar refractivity (Wildman–Crippen MR) is 101 cm³/mol. The molecule has 1 aliphatic heterocycles. The van der Waals surface area contributed by atoms with Crippen LogP contribution in [-0.4, -0.2) is 22.9 Å². The van der Waals surface area contributed by atoms with Crippen molar-refractivity contribution < 1.29 is 18.7 Å². The van der Waals surface area contributed by atoms with Gasteiger partial charge in [-0.15, -0.1) is 11.3 Å². The Morgan fingerprint density at radius 3 is 2.81 bits per heavy atom. The summed E-state index contributed by atoms with van der Waals surface area (Å²) in [6, 6.07) is 10.7. The van der Waals surface area contributed by atoms with E-state index in [2.05, 4.69) is 15.6 Å². The van der Waals surface area contributed by atoms with Gasteiger partial charge in [0.25, 0.3) is 11.8 Å². The van der Waals surface area contributed by atoms with Crippen LogP contribution in [0.2, 0.25) is 0 Å². The van der Waals surface area contributed by atoms with Crippen LogP contribution >= 0.6 is 11.3 Å². The molecule has 27 heavy (non-hydrogen) atoms. The number of thiazole rings is 1. The van der Waals surface area contributed by atoms with Crippen LogP contribution in [0.4, 0.5) is 15.2 Å². The average Bonchev–Trinajstić information content (AvgIpc) is 3.11. The molecule has 0 bridgehead atoms. The molecule has 6 nitrogen and oxygen atoms in total. The number of anilines is 2. The predicted octanol–water partition coefficient (Wildman–Crippen LogP) is 3.92. The molecule has 3 aromatic rings. The lowest BCUT2D eigenvalue weighted by Crippen LogP contribution is -2.34. The topological polar surface area (TPSA) is 80.3 Å². The SMILES string of the molecule is CC1Oc2ccc(-c3csc(NC(=O)c4ccc(F)cc4)n3)cc2NC1=O. The molecule has 0 radical (unpaired) electrons. The molecular weight excluding hydrogens is 369 g/mol. The number of amides is 2. The largest absolute Gasteiger partial charge is 0.479 e. The highest BCUT2D eigenvalue weighted by atomic mass is 32.1. The van der Waals surface area contributed by atoms with Gasteiger partial charge < -0.3 is 10.1 Å². The Bertz CT molecular complexity index is 1030. The van der Waals surface area contributed by atoms with Gasteiger partial charge >= 0.3 is 0 Å². The fourth-order valence-corrected chi connectivity index (χ4v) is 3.32. The molecular formula is C19H14FN3O3S. The van der Waals surface area contributed by atoms with Crippen LogP contribution in [0.15, 0.2) is 47.8 Å². The van der Waals surface area contributed by atoms with Crippen LogP contribution in [0.1, 0.15) is 17.3 Å². The smallest absolute Gasteiger partial charge is 0.265 e. The minimum atomic E-state index is -0.532. The molecule has 0 saturated carbocycles. The first-order chi connectivity index (χ1) is 13.0. The van der Waals surface area contributed by atoms with Crippen LogP contribution in [0.25, 0.3) is 11.3 Å². The Hall–Kier alpha value is -3.26. The number of aromatic nitrogens is 1. The van der Waals surface area contributed by atoms with Gasteiger partial charge in [-0.3, -0.25) is 14.9 Å². The summed E-state index contributed by atoms with van der Waals surface area (Å²) >= 11 is 1.27. The lowest BCUT2D eigenvalue weighted by molar-refractivity contribution is -0.122. The molecule has 2 aromatic carbocycles. The highest BCUT2D eigenvalue weighted by molar-refractivity contribution is 7.14. The van der Waals surface area contributed by atoms with Gasteiger partial charge in [-0.2, -0.15) is 0 Å². The van der Waals surface area contributed by atoms with Crippen molar-refractivity contribution in [3.05, 3.63) is 59.2 Å². The minimum absolute atomic E-state index is 0.204. The maximum atomic E-state index is 13.0. The Labute approximate surface area is 158 Å². The summed E-state index contributed by atoms with van der Waals surface area (Å²) < 4.78 is 18.5. The molecule has 8 heteroatoms. The van der Waals surface area contributed by atoms with E-state index < -0.39 is 11.9 Å². The molecule has 4 rings (SSSR count). The summed E-state index contributed by atoms with van der Waals surface area (Å²) in [5.74, 6) is -0.368. The minimum Gasteiger partial charge on any atom is -0.479 e. The van der Waals surface area contributed by atoms with Crippen molar-refractivity contribution >= 4 is 34.0 Å². The number of carbonyl (C=O) groups is 2. The fraction of sp³-hybridized carbons (Fsp3) is 0.105. The third-order valence-electron chi connectivity index (χ3n) is 4.04. The van der Waals surface area contributed by atoms with Crippen LogP contribution in [-0.2, 0) is 4.79 Å². The van der Waals surface area contributed by atoms with Gasteiger partial charge in [-0.05, 0) is 49.4 Å². The number of nitrogens with one attached hydrogen (secondary N) is 2. The second-order valence-corrected chi connectivity index (χ2v) is 6.82. The normalized spacial score (nSPS) is 15.5. The number of hydrogen-bond acceptors (Lipinski definition) is 5. The van der Waals surface area contributed by atoms with Gasteiger partial charge in [-0.25, -0.2) is 9.37 Å². The average molecular weight is 383 g/mol. The van der Waals surface area contributed by atoms with E-state index in [4.69, 9.17) is 4.74 Å². The first kappa shape index (κ1) is 17.2. The number of nitrogens with zero attached hydrogens (tertiary/aromatic N) is 1. The molecule has 0 spiro atoms. The highest BCUT2D eigenvalue weighted by Gasteiger charge is 2.24. The van der Waals surface area contributed by atoms with Gasteiger partial charge in [0.05, 0.1) is 11.4 Å². The zero-order valence-corrected chi connectivity index (χ0v) is 15.0. The third-order valence-corrected chi connectivity index (χ3v) is 4.79. The van der Waals surface area contributed by atoms with Crippen molar-refractivity contribution in [2.75, 3.05) is 10.6 Å². The number of carbonyl (C=O) groups excluding carboxylic acids is 2. The van der Waals surface area contributed by atoms with E-state index in [1.165, 1.54) is 35.6 Å². The second kappa shape index (κ2) is 6.81. The van der Waals surface area contributed by atoms with Crippen molar-refractivity contribution in [2.24, 2.45) is 0 Å². The van der Waals surface area contributed by atoms with E-state index >= 15 is 0 Å². The molecule has 2 amide bonds. The van der Waals surface area contributed by atoms with Crippen molar-refractivity contribution in [1.82, 2.24) is 4.98 Å². The standard InChI is InChI=1S/C19H14FN3O3S/c1-10-17(24)21-14-8-12(4-7-16(14)26-10)15-9-27-19(22-15)23-18(25)11-2-5-13(20)6-3-11/h2-10H,1H3,(H,21,24)(H,22,23,25). The van der Waals surface area contributed by atoms with E-state index in [9.17, 15) is 14.0 Å². The number of fused-ring (bicyclic) bond motifs is 1. The van der Waals surface area contributed by atoms with E-state index in [-0.39, 0.29) is 11.8 Å². The van der Waals surface area contributed by atoms with Crippen molar-refractivity contribution in [3.63, 3.8) is 0 Å². The molecule has 1 atom stereocenters. The highest BCUT2D eigenvalue weighted by Crippen LogP contribution is 2.35. The molecule has 0 aliphatic carbocycles. The third kappa shape index (κ3) is 3.52. The Balaban J connectivity index is 1.53. The number of hydrogen-bond donors (Lipinski definition) is 2. The molecule has 1 aliphatic rings. The summed E-state index contributed by atoms with van der Waals surface area (Å²) in [6.07, 6.45) is -0.532. The molecule has 136 valence electrons. The van der Waals surface area contributed by atoms with E-state index in [0.29, 0.717) is 27.8 Å². The van der Waals surface area contributed by atoms with E-state index in [1.807, 2.05) is 6.07 Å². The van der Waals surface area contributed by atoms with Crippen molar-refractivity contribution in [3.8, 4) is 17.0 Å². The zero-order chi connectivity index (χ0) is 19.0. The fourth-order valence-electron chi connectivity index (χ4n) is 2.60. The molecule has 1 aromatic heterocycles. The molecule has 1 unspecified atom stereocenters. The number of benzene rings is 2. The molecule has 0 fully saturated rings. The summed E-state index contributed by atoms with van der Waals surface area (Å²) in [6.45, 7) is 1.68. The summed E-state index contributed by atoms with van der Waals surface area (Å²) in [5.41, 5.74) is 2.37. The Morgan fingerprint density at radius 1 is 1.26 bits per heavy atom. The Morgan fingerprint density at radius 2 is 2.04 bits per heavy atom. The first-order valence-electron chi connectivity index (χ1n) is 8.14. The molecule has 2 N–H and O–H groups in total. The van der Waals surface area contributed by atoms with Crippen LogP contribution in [0, 0.1) is 5.82 Å².